The van der Waals surface area contributed by atoms with Crippen molar-refractivity contribution in [2.75, 3.05) is 72.0 Å². The van der Waals surface area contributed by atoms with Gasteiger partial charge in [0.2, 0.25) is 40.1 Å². The lowest BCUT2D eigenvalue weighted by Crippen LogP contribution is -2.50. The lowest BCUT2D eigenvalue weighted by Gasteiger charge is -2.39. The number of amides is 4. The smallest absolute Gasteiger partial charge is 0.414 e. The Balaban J connectivity index is 0.000000129. The predicted molar refractivity (Wildman–Crippen MR) is 462 cm³/mol. The quantitative estimate of drug-likeness (QED) is 0.0623. The molecular formula is C78H70Br5Cl4N9O18S4. The molecule has 118 heavy (non-hydrogen) atoms. The number of benzene rings is 7. The predicted octanol–water partition coefficient (Wildman–Crippen LogP) is 17.9. The highest BCUT2D eigenvalue weighted by atomic mass is 79.9. The highest BCUT2D eigenvalue weighted by molar-refractivity contribution is 9.11. The van der Waals surface area contributed by atoms with Gasteiger partial charge in [-0.1, -0.05) is 110 Å². The highest BCUT2D eigenvalue weighted by Crippen LogP contribution is 2.41. The minimum atomic E-state index is -3.72. The van der Waals surface area contributed by atoms with Crippen molar-refractivity contribution in [2.45, 2.75) is 122 Å². The second-order valence-electron chi connectivity index (χ2n) is 28.3. The summed E-state index contributed by atoms with van der Waals surface area (Å²) >= 11 is 40.6. The van der Waals surface area contributed by atoms with E-state index in [9.17, 15) is 57.6 Å². The summed E-state index contributed by atoms with van der Waals surface area (Å²) < 4.78 is 140. The SMILES string of the molecule is O=C1OCc2cc(Br)ccc2N1C1CCN(S(=O)(=O)c2cc(Cl)cc(Cl)c2)CC1.O=C1OCc2cc(Br)ccc2N1C1CCN(S(=O)(=O)c2ccc(Cl)cc2)CC1.O=C1OCc2cc(Br)ccc2N1C1CCN(S(=O)(=O)c2ccc3oc(=O)ccc3c2)CC1.O=C1OCc2cc(Br)ccc2N1C1CCN(S(=O)(=O)c2cnc(Cl)c(Br)c2)CC1. The van der Waals surface area contributed by atoms with Gasteiger partial charge in [-0.05, 0) is 213 Å². The molecule has 0 aliphatic carbocycles. The summed E-state index contributed by atoms with van der Waals surface area (Å²) in [5.74, 6) is 0. The summed E-state index contributed by atoms with van der Waals surface area (Å²) in [5.41, 5.74) is 6.81. The van der Waals surface area contributed by atoms with E-state index in [1.165, 1.54) is 84.1 Å². The molecule has 9 aromatic rings. The molecule has 4 amide bonds. The van der Waals surface area contributed by atoms with Crippen LogP contribution in [0.2, 0.25) is 20.2 Å². The Hall–Kier alpha value is -6.82. The molecule has 0 spiro atoms. The van der Waals surface area contributed by atoms with Crippen molar-refractivity contribution in [2.24, 2.45) is 0 Å². The summed E-state index contributed by atoms with van der Waals surface area (Å²) in [6.45, 7) is 3.33. The summed E-state index contributed by atoms with van der Waals surface area (Å²) in [6, 6.07) is 41.4. The van der Waals surface area contributed by atoms with Crippen LogP contribution in [-0.4, -0.2) is 157 Å². The normalized spacial score (nSPS) is 18.3. The van der Waals surface area contributed by atoms with E-state index in [4.69, 9.17) is 69.8 Å². The first-order chi connectivity index (χ1) is 56.2. The van der Waals surface area contributed by atoms with Crippen molar-refractivity contribution in [3.63, 3.8) is 0 Å². The number of hydrogen-bond acceptors (Lipinski definition) is 19. The maximum absolute atomic E-state index is 13.2. The minimum absolute atomic E-state index is 0.0704. The van der Waals surface area contributed by atoms with E-state index in [1.54, 1.807) is 37.8 Å². The molecule has 0 radical (unpaired) electrons. The second-order valence-corrected chi connectivity index (χ2v) is 42.2. The summed E-state index contributed by atoms with van der Waals surface area (Å²) in [7, 11) is -14.7. The zero-order valence-corrected chi connectivity index (χ0v) is 76.1. The van der Waals surface area contributed by atoms with E-state index in [2.05, 4.69) is 84.6 Å². The maximum atomic E-state index is 13.2. The van der Waals surface area contributed by atoms with Gasteiger partial charge in [-0.25, -0.2) is 62.6 Å². The van der Waals surface area contributed by atoms with Crippen LogP contribution in [0.5, 0.6) is 0 Å². The number of hydrogen-bond donors (Lipinski definition) is 0. The Morgan fingerprint density at radius 3 is 1.00 bits per heavy atom. The topological polar surface area (TPSA) is 311 Å². The fourth-order valence-electron chi connectivity index (χ4n) is 15.2. The van der Waals surface area contributed by atoms with Crippen LogP contribution in [0, 0.1) is 0 Å². The van der Waals surface area contributed by atoms with Crippen LogP contribution in [0.4, 0.5) is 41.9 Å². The average molecular weight is 2090 g/mol. The first kappa shape index (κ1) is 87.5. The molecule has 8 aliphatic heterocycles. The first-order valence-corrected chi connectivity index (χ1v) is 48.0. The van der Waals surface area contributed by atoms with Gasteiger partial charge in [0.25, 0.3) is 0 Å². The van der Waals surface area contributed by atoms with Crippen LogP contribution in [0.25, 0.3) is 11.0 Å². The van der Waals surface area contributed by atoms with Gasteiger partial charge in [0.1, 0.15) is 42.1 Å². The van der Waals surface area contributed by atoms with Gasteiger partial charge in [-0.15, -0.1) is 0 Å². The monoisotopic (exact) mass is 2080 g/mol. The number of fused-ring (bicyclic) bond motifs is 5. The fourth-order valence-corrected chi connectivity index (χ4v) is 24.2. The number of pyridine rings is 1. The number of nitrogens with zero attached hydrogens (tertiary/aromatic N) is 9. The van der Waals surface area contributed by atoms with Crippen molar-refractivity contribution in [3.05, 3.63) is 233 Å². The van der Waals surface area contributed by atoms with Gasteiger partial charge in [0.05, 0.1) is 41.9 Å². The number of carbonyl (C=O) groups is 4. The van der Waals surface area contributed by atoms with Crippen LogP contribution < -0.4 is 25.2 Å². The van der Waals surface area contributed by atoms with Gasteiger partial charge in [0.15, 0.2) is 0 Å². The minimum Gasteiger partial charge on any atom is -0.444 e. The molecule has 622 valence electrons. The molecule has 8 aliphatic rings. The van der Waals surface area contributed by atoms with Crippen molar-refractivity contribution in [3.8, 4) is 0 Å². The lowest BCUT2D eigenvalue weighted by atomic mass is 10.0. The number of rotatable bonds is 12. The third-order valence-corrected chi connectivity index (χ3v) is 32.5. The van der Waals surface area contributed by atoms with Crippen molar-refractivity contribution >= 4 is 224 Å². The van der Waals surface area contributed by atoms with Gasteiger partial charge < -0.3 is 23.4 Å². The molecule has 40 heteroatoms. The van der Waals surface area contributed by atoms with Crippen molar-refractivity contribution in [1.29, 1.82) is 0 Å². The number of cyclic esters (lactones) is 4. The van der Waals surface area contributed by atoms with Crippen LogP contribution in [0.15, 0.2) is 209 Å². The number of ether oxygens (including phenoxy) is 4. The van der Waals surface area contributed by atoms with Gasteiger partial charge >= 0.3 is 30.0 Å². The van der Waals surface area contributed by atoms with Crippen LogP contribution in [-0.2, 0) is 85.5 Å². The van der Waals surface area contributed by atoms with E-state index in [0.717, 1.165) is 62.9 Å². The number of halogens is 9. The van der Waals surface area contributed by atoms with Gasteiger partial charge in [-0.2, -0.15) is 17.2 Å². The fraction of sp³-hybridized carbons (Fsp3) is 0.308. The maximum Gasteiger partial charge on any atom is 0.414 e. The Kier molecular flexibility index (Phi) is 27.2. The first-order valence-electron chi connectivity index (χ1n) is 36.8. The highest BCUT2D eigenvalue weighted by Gasteiger charge is 2.43. The van der Waals surface area contributed by atoms with Crippen LogP contribution in [0.3, 0.4) is 0 Å². The second kappa shape index (κ2) is 36.7. The molecular weight excluding hydrogens is 2020 g/mol. The number of piperidine rings is 4. The summed E-state index contributed by atoms with van der Waals surface area (Å²) in [6.07, 6.45) is 3.74. The van der Waals surface area contributed by atoms with E-state index < -0.39 is 64.0 Å². The van der Waals surface area contributed by atoms with Crippen molar-refractivity contribution in [1.82, 2.24) is 22.2 Å². The lowest BCUT2D eigenvalue weighted by molar-refractivity contribution is 0.135. The third kappa shape index (κ3) is 19.2. The molecule has 0 atom stereocenters. The third-order valence-electron chi connectivity index (χ3n) is 21.1. The van der Waals surface area contributed by atoms with Gasteiger partial charge in [-0.3, -0.25) is 19.6 Å². The standard InChI is InChI=1S/C22H19BrN2O6S.C19H17BrCl2N2O4S.C19H18BrClN2O4S.C18H16Br2ClN3O4S/c23-16-2-4-19-15(11-16)13-30-22(27)25(19)17-7-9-24(10-8-17)32(28,29)18-3-5-20-14(12-18)1-6-21(26)31-20;20-13-1-2-18-12(7-13)11-28-19(25)24(18)16-3-5-23(6-4-16)29(26,27)17-9-14(21)8-15(22)10-17;20-14-1-6-18-13(11-14)12-27-19(24)23(18)16-7-9-22(10-8-16)28(25,26)17-4-2-15(21)3-5-17;19-12-1-2-16-11(7-12)10-28-18(25)24(16)13-3-5-23(6-4-13)29(26,27)14-8-15(20)17(21)22-9-14/h1-6,11-12,17H,7-10,13H2;1-2,7-10,16H,3-6,11H2;1-6,11,16H,7-10,12H2;1-2,7-9,13H,3-6,10H2. The van der Waals surface area contributed by atoms with Gasteiger partial charge in [0, 0.05) is 149 Å². The Labute approximate surface area is 742 Å². The Bertz CT molecular complexity index is 5950. The zero-order chi connectivity index (χ0) is 83.9. The van der Waals surface area contributed by atoms with Crippen LogP contribution in [0.1, 0.15) is 73.6 Å². The average Bonchev–Trinajstić information content (AvgIpc) is 0.793. The Morgan fingerprint density at radius 2 is 0.653 bits per heavy atom. The molecule has 2 aromatic heterocycles. The number of anilines is 4. The molecule has 17 rings (SSSR count). The largest absolute Gasteiger partial charge is 0.444 e. The van der Waals surface area contributed by atoms with E-state index in [1.807, 2.05) is 72.8 Å². The number of carbonyl (C=O) groups excluding carboxylic acids is 4. The van der Waals surface area contributed by atoms with Crippen molar-refractivity contribution < 1.29 is 76.2 Å². The molecule has 0 unspecified atom stereocenters. The molecule has 0 saturated carbocycles. The van der Waals surface area contributed by atoms with Crippen LogP contribution >= 0.6 is 126 Å². The Morgan fingerprint density at radius 1 is 0.331 bits per heavy atom. The molecule has 27 nitrogen and oxygen atoms in total. The molecule has 10 heterocycles. The zero-order valence-electron chi connectivity index (χ0n) is 61.9. The molecule has 0 N–H and O–H groups in total. The number of aromatic nitrogens is 1. The molecule has 7 aromatic carbocycles. The summed E-state index contributed by atoms with van der Waals surface area (Å²) in [5, 5.41) is 1.78. The molecule has 0 bridgehead atoms. The number of sulfonamides is 4. The van der Waals surface area contributed by atoms with E-state index in [0.29, 0.717) is 98.0 Å². The van der Waals surface area contributed by atoms with E-state index >= 15 is 0 Å². The summed E-state index contributed by atoms with van der Waals surface area (Å²) in [4.78, 5) is 72.2. The molecule has 4 fully saturated rings. The van der Waals surface area contributed by atoms with E-state index in [-0.39, 0.29) is 118 Å². The molecule has 4 saturated heterocycles.